The summed E-state index contributed by atoms with van der Waals surface area (Å²) in [5.74, 6) is 0.0889. The smallest absolute Gasteiger partial charge is 0.233 e. The van der Waals surface area contributed by atoms with E-state index in [2.05, 4.69) is 63.0 Å². The molecule has 0 N–H and O–H groups in total. The molecule has 0 aliphatic heterocycles. The fourth-order valence-corrected chi connectivity index (χ4v) is 5.00. The van der Waals surface area contributed by atoms with Crippen molar-refractivity contribution >= 4 is 32.6 Å². The largest absolute Gasteiger partial charge is 0.337 e. The fourth-order valence-electron chi connectivity index (χ4n) is 3.94. The molecule has 5 nitrogen and oxygen atoms in total. The zero-order valence-electron chi connectivity index (χ0n) is 18.6. The Hall–Kier alpha value is -2.99. The van der Waals surface area contributed by atoms with Crippen LogP contribution in [0.1, 0.15) is 34.2 Å². The average Bonchev–Trinajstić information content (AvgIpc) is 3.37. The molecule has 1 amide bonds. The number of benzene rings is 2. The maximum absolute atomic E-state index is 13.4. The van der Waals surface area contributed by atoms with Crippen LogP contribution in [0.3, 0.4) is 0 Å². The normalized spacial score (nSPS) is 11.2. The number of anilines is 1. The lowest BCUT2D eigenvalue weighted by Gasteiger charge is -2.20. The van der Waals surface area contributed by atoms with Crippen LogP contribution < -0.4 is 4.90 Å². The summed E-state index contributed by atoms with van der Waals surface area (Å²) in [5.41, 5.74) is 6.80. The monoisotopic (exact) mass is 432 g/mol. The van der Waals surface area contributed by atoms with E-state index in [0.717, 1.165) is 39.4 Å². The van der Waals surface area contributed by atoms with Crippen LogP contribution >= 0.6 is 11.3 Å². The number of amides is 1. The van der Waals surface area contributed by atoms with E-state index in [9.17, 15) is 4.79 Å². The van der Waals surface area contributed by atoms with Gasteiger partial charge in [-0.3, -0.25) is 9.69 Å². The molecule has 0 unspecified atom stereocenters. The summed E-state index contributed by atoms with van der Waals surface area (Å²) < 4.78 is 3.19. The van der Waals surface area contributed by atoms with Crippen molar-refractivity contribution in [1.82, 2.24) is 14.5 Å². The van der Waals surface area contributed by atoms with Gasteiger partial charge < -0.3 is 4.57 Å². The predicted octanol–water partition coefficient (Wildman–Crippen LogP) is 5.39. The number of aryl methyl sites for hydroxylation is 5. The number of fused-ring (bicyclic) bond motifs is 1. The molecule has 160 valence electrons. The van der Waals surface area contributed by atoms with Gasteiger partial charge in [0.2, 0.25) is 5.91 Å². The SMILES string of the molecule is Cc1ccc(CC(=O)N(CCCn2ccnc2)c2nc3cc(C)cc(C)c3s2)c(C)c1. The van der Waals surface area contributed by atoms with Crippen LogP contribution in [-0.2, 0) is 17.8 Å². The number of aromatic nitrogens is 3. The van der Waals surface area contributed by atoms with E-state index in [4.69, 9.17) is 4.98 Å². The summed E-state index contributed by atoms with van der Waals surface area (Å²) in [7, 11) is 0. The first-order valence-electron chi connectivity index (χ1n) is 10.6. The van der Waals surface area contributed by atoms with Crippen LogP contribution in [0, 0.1) is 27.7 Å². The van der Waals surface area contributed by atoms with Gasteiger partial charge in [-0.1, -0.05) is 41.2 Å². The quantitative estimate of drug-likeness (QED) is 0.393. The average molecular weight is 433 g/mol. The number of thiazole rings is 1. The molecule has 2 heterocycles. The van der Waals surface area contributed by atoms with Crippen LogP contribution in [0.15, 0.2) is 49.1 Å². The van der Waals surface area contributed by atoms with E-state index in [1.54, 1.807) is 17.5 Å². The van der Waals surface area contributed by atoms with Gasteiger partial charge in [-0.25, -0.2) is 9.97 Å². The lowest BCUT2D eigenvalue weighted by molar-refractivity contribution is -0.118. The highest BCUT2D eigenvalue weighted by Gasteiger charge is 2.21. The second-order valence-electron chi connectivity index (χ2n) is 8.23. The van der Waals surface area contributed by atoms with Gasteiger partial charge in [0.25, 0.3) is 0 Å². The molecule has 6 heteroatoms. The Kier molecular flexibility index (Phi) is 6.18. The van der Waals surface area contributed by atoms with E-state index < -0.39 is 0 Å². The van der Waals surface area contributed by atoms with Crippen molar-refractivity contribution in [2.75, 3.05) is 11.4 Å². The predicted molar refractivity (Wildman–Crippen MR) is 128 cm³/mol. The maximum atomic E-state index is 13.4. The topological polar surface area (TPSA) is 51.0 Å². The molecule has 0 fully saturated rings. The second kappa shape index (κ2) is 9.02. The van der Waals surface area contributed by atoms with Gasteiger partial charge in [-0.2, -0.15) is 0 Å². The maximum Gasteiger partial charge on any atom is 0.233 e. The summed E-state index contributed by atoms with van der Waals surface area (Å²) in [6.45, 7) is 9.78. The highest BCUT2D eigenvalue weighted by Crippen LogP contribution is 2.32. The third kappa shape index (κ3) is 4.85. The highest BCUT2D eigenvalue weighted by molar-refractivity contribution is 7.22. The van der Waals surface area contributed by atoms with Crippen molar-refractivity contribution in [1.29, 1.82) is 0 Å². The number of carbonyl (C=O) groups excluding carboxylic acids is 1. The Labute approximate surface area is 187 Å². The van der Waals surface area contributed by atoms with E-state index in [0.29, 0.717) is 13.0 Å². The Morgan fingerprint density at radius 3 is 2.61 bits per heavy atom. The van der Waals surface area contributed by atoms with Gasteiger partial charge in [0, 0.05) is 25.5 Å². The molecule has 0 aliphatic carbocycles. The molecule has 2 aromatic carbocycles. The van der Waals surface area contributed by atoms with Crippen LogP contribution in [0.25, 0.3) is 10.2 Å². The van der Waals surface area contributed by atoms with Crippen LogP contribution in [0.5, 0.6) is 0 Å². The van der Waals surface area contributed by atoms with Gasteiger partial charge in [0.15, 0.2) is 5.13 Å². The third-order valence-corrected chi connectivity index (χ3v) is 6.77. The first kappa shape index (κ1) is 21.2. The Bertz CT molecular complexity index is 1210. The Morgan fingerprint density at radius 1 is 1.06 bits per heavy atom. The number of nitrogens with zero attached hydrogens (tertiary/aromatic N) is 4. The van der Waals surface area contributed by atoms with Gasteiger partial charge in [0.05, 0.1) is 23.0 Å². The summed E-state index contributed by atoms with van der Waals surface area (Å²) in [6.07, 6.45) is 6.76. The molecule has 4 rings (SSSR count). The number of hydrogen-bond acceptors (Lipinski definition) is 4. The minimum absolute atomic E-state index is 0.0889. The van der Waals surface area contributed by atoms with Crippen molar-refractivity contribution < 1.29 is 4.79 Å². The van der Waals surface area contributed by atoms with Crippen molar-refractivity contribution in [3.63, 3.8) is 0 Å². The van der Waals surface area contributed by atoms with Gasteiger partial charge in [0.1, 0.15) is 0 Å². The van der Waals surface area contributed by atoms with Crippen molar-refractivity contribution in [2.24, 2.45) is 0 Å². The minimum atomic E-state index is 0.0889. The zero-order chi connectivity index (χ0) is 22.0. The van der Waals surface area contributed by atoms with Crippen LogP contribution in [0.2, 0.25) is 0 Å². The number of rotatable bonds is 7. The van der Waals surface area contributed by atoms with Crippen molar-refractivity contribution in [2.45, 2.75) is 47.1 Å². The van der Waals surface area contributed by atoms with Gasteiger partial charge >= 0.3 is 0 Å². The first-order valence-corrected chi connectivity index (χ1v) is 11.4. The summed E-state index contributed by atoms with van der Waals surface area (Å²) >= 11 is 1.61. The minimum Gasteiger partial charge on any atom is -0.337 e. The number of imidazole rings is 1. The third-order valence-electron chi connectivity index (χ3n) is 5.54. The molecule has 0 atom stereocenters. The van der Waals surface area contributed by atoms with E-state index >= 15 is 0 Å². The molecule has 0 saturated heterocycles. The standard InChI is InChI=1S/C25H28N4OS/c1-17-6-7-21(19(3)12-17)15-23(30)29(10-5-9-28-11-8-26-16-28)25-27-22-14-18(2)13-20(4)24(22)31-25/h6-8,11-14,16H,5,9-10,15H2,1-4H3. The zero-order valence-corrected chi connectivity index (χ0v) is 19.4. The Balaban J connectivity index is 1.61. The van der Waals surface area contributed by atoms with E-state index in [-0.39, 0.29) is 5.91 Å². The molecule has 0 radical (unpaired) electrons. The number of carbonyl (C=O) groups is 1. The van der Waals surface area contributed by atoms with Crippen molar-refractivity contribution in [3.05, 3.63) is 76.9 Å². The molecule has 0 spiro atoms. The molecule has 0 saturated carbocycles. The van der Waals surface area contributed by atoms with E-state index in [1.165, 1.54) is 16.7 Å². The molecule has 31 heavy (non-hydrogen) atoms. The van der Waals surface area contributed by atoms with Crippen LogP contribution in [0.4, 0.5) is 5.13 Å². The molecule has 2 aromatic heterocycles. The summed E-state index contributed by atoms with van der Waals surface area (Å²) in [4.78, 5) is 24.3. The lowest BCUT2D eigenvalue weighted by atomic mass is 10.0. The first-order chi connectivity index (χ1) is 14.9. The second-order valence-corrected chi connectivity index (χ2v) is 9.21. The molecule has 0 aliphatic rings. The summed E-state index contributed by atoms with van der Waals surface area (Å²) in [6, 6.07) is 10.5. The molecular weight excluding hydrogens is 404 g/mol. The van der Waals surface area contributed by atoms with Gasteiger partial charge in [-0.05, 0) is 62.4 Å². The van der Waals surface area contributed by atoms with Crippen LogP contribution in [-0.4, -0.2) is 27.0 Å². The fraction of sp³-hybridized carbons (Fsp3) is 0.320. The van der Waals surface area contributed by atoms with Gasteiger partial charge in [-0.15, -0.1) is 0 Å². The lowest BCUT2D eigenvalue weighted by Crippen LogP contribution is -2.33. The molecule has 4 aromatic rings. The molecular formula is C25H28N4OS. The highest BCUT2D eigenvalue weighted by atomic mass is 32.1. The van der Waals surface area contributed by atoms with E-state index in [1.807, 2.05) is 22.0 Å². The van der Waals surface area contributed by atoms with Crippen molar-refractivity contribution in [3.8, 4) is 0 Å². The molecule has 0 bridgehead atoms. The summed E-state index contributed by atoms with van der Waals surface area (Å²) in [5, 5.41) is 0.782. The Morgan fingerprint density at radius 2 is 1.87 bits per heavy atom. The number of hydrogen-bond donors (Lipinski definition) is 0.